The molecule has 0 aromatic heterocycles. The fourth-order valence-electron chi connectivity index (χ4n) is 2.08. The van der Waals surface area contributed by atoms with Gasteiger partial charge in [0.05, 0.1) is 5.37 Å². The maximum Gasteiger partial charge on any atom is 0.327 e. The number of thioether (sulfide) groups is 1. The second-order valence-corrected chi connectivity index (χ2v) is 5.92. The molecule has 3 amide bonds. The molecule has 0 radical (unpaired) electrons. The van der Waals surface area contributed by atoms with Crippen molar-refractivity contribution in [3.8, 4) is 0 Å². The number of benzene rings is 1. The quantitative estimate of drug-likeness (QED) is 0.775. The molecule has 4 N–H and O–H groups in total. The van der Waals surface area contributed by atoms with E-state index in [-0.39, 0.29) is 10.9 Å². The molecule has 1 aromatic carbocycles. The van der Waals surface area contributed by atoms with Crippen LogP contribution in [0.25, 0.3) is 0 Å². The Balaban J connectivity index is 2.15. The van der Waals surface area contributed by atoms with E-state index in [4.69, 9.17) is 10.8 Å². The predicted octanol–water partition coefficient (Wildman–Crippen LogP) is 1.17. The van der Waals surface area contributed by atoms with Crippen molar-refractivity contribution in [3.63, 3.8) is 0 Å². The van der Waals surface area contributed by atoms with Gasteiger partial charge in [0.2, 0.25) is 5.91 Å². The van der Waals surface area contributed by atoms with Crippen molar-refractivity contribution in [1.82, 2.24) is 4.90 Å². The number of carboxylic acid groups (broad SMARTS) is 1. The van der Waals surface area contributed by atoms with E-state index in [0.29, 0.717) is 11.4 Å². The number of nitrogens with two attached hydrogens (primary N) is 1. The van der Waals surface area contributed by atoms with E-state index in [1.54, 1.807) is 19.1 Å². The number of nitrogens with zero attached hydrogens (tertiary/aromatic N) is 1. The van der Waals surface area contributed by atoms with E-state index in [2.05, 4.69) is 5.32 Å². The van der Waals surface area contributed by atoms with Crippen LogP contribution in [0.5, 0.6) is 0 Å². The van der Waals surface area contributed by atoms with Gasteiger partial charge in [0.1, 0.15) is 6.04 Å². The van der Waals surface area contributed by atoms with Crippen molar-refractivity contribution in [2.24, 2.45) is 5.73 Å². The molecule has 1 aromatic rings. The molecule has 2 atom stereocenters. The zero-order valence-electron chi connectivity index (χ0n) is 11.3. The van der Waals surface area contributed by atoms with Crippen molar-refractivity contribution in [1.29, 1.82) is 0 Å². The Hall–Kier alpha value is -2.22. The molecule has 2 rings (SSSR count). The molecule has 0 bridgehead atoms. The lowest BCUT2D eigenvalue weighted by Gasteiger charge is -2.25. The molecular weight excluding hydrogens is 294 g/mol. The van der Waals surface area contributed by atoms with Crippen LogP contribution in [0.2, 0.25) is 0 Å². The Kier molecular flexibility index (Phi) is 4.37. The lowest BCUT2D eigenvalue weighted by atomic mass is 10.2. The molecule has 21 heavy (non-hydrogen) atoms. The highest BCUT2D eigenvalue weighted by molar-refractivity contribution is 8.00. The number of hydrogen-bond acceptors (Lipinski definition) is 4. The second kappa shape index (κ2) is 6.04. The van der Waals surface area contributed by atoms with Crippen LogP contribution in [0.1, 0.15) is 17.3 Å². The first-order valence-electron chi connectivity index (χ1n) is 6.23. The Morgan fingerprint density at radius 1 is 1.43 bits per heavy atom. The molecule has 7 nitrogen and oxygen atoms in total. The van der Waals surface area contributed by atoms with Gasteiger partial charge in [-0.3, -0.25) is 9.69 Å². The molecule has 1 saturated heterocycles. The number of carbonyl (C=O) groups is 3. The van der Waals surface area contributed by atoms with Gasteiger partial charge in [-0.05, 0) is 25.1 Å². The molecule has 0 saturated carbocycles. The average molecular weight is 309 g/mol. The molecule has 0 aliphatic carbocycles. The highest BCUT2D eigenvalue weighted by Gasteiger charge is 2.39. The number of hydrogen-bond donors (Lipinski definition) is 3. The monoisotopic (exact) mass is 309 g/mol. The molecular formula is C13H15N3O4S. The molecule has 112 valence electrons. The van der Waals surface area contributed by atoms with Crippen molar-refractivity contribution >= 4 is 35.4 Å². The van der Waals surface area contributed by atoms with Crippen molar-refractivity contribution < 1.29 is 19.5 Å². The van der Waals surface area contributed by atoms with E-state index in [0.717, 1.165) is 0 Å². The number of primary amides is 1. The van der Waals surface area contributed by atoms with Gasteiger partial charge in [0.15, 0.2) is 0 Å². The highest BCUT2D eigenvalue weighted by Crippen LogP contribution is 2.29. The third kappa shape index (κ3) is 3.27. The van der Waals surface area contributed by atoms with E-state index in [1.165, 1.54) is 28.8 Å². The molecule has 2 unspecified atom stereocenters. The van der Waals surface area contributed by atoms with Gasteiger partial charge in [0, 0.05) is 17.0 Å². The molecule has 1 aliphatic heterocycles. The standard InChI is InChI=1S/C13H15N3O4S/c1-7-16(10(6-21-7)12(18)19)13(20)15-9-4-2-3-8(5-9)11(14)17/h2-5,7,10H,6H2,1H3,(H2,14,17)(H,15,20)(H,18,19). The number of nitrogens with one attached hydrogen (secondary N) is 1. The van der Waals surface area contributed by atoms with Gasteiger partial charge in [-0.2, -0.15) is 0 Å². The summed E-state index contributed by atoms with van der Waals surface area (Å²) in [6, 6.07) is 4.81. The Morgan fingerprint density at radius 2 is 2.14 bits per heavy atom. The van der Waals surface area contributed by atoms with Gasteiger partial charge < -0.3 is 16.2 Å². The molecule has 1 heterocycles. The third-order valence-corrected chi connectivity index (χ3v) is 4.36. The first-order valence-corrected chi connectivity index (χ1v) is 7.28. The molecule has 1 fully saturated rings. The summed E-state index contributed by atoms with van der Waals surface area (Å²) in [5.74, 6) is -1.28. The predicted molar refractivity (Wildman–Crippen MR) is 79.2 cm³/mol. The van der Waals surface area contributed by atoms with E-state index < -0.39 is 23.9 Å². The number of urea groups is 1. The lowest BCUT2D eigenvalue weighted by molar-refractivity contribution is -0.141. The average Bonchev–Trinajstić information content (AvgIpc) is 2.81. The van der Waals surface area contributed by atoms with Crippen molar-refractivity contribution in [2.45, 2.75) is 18.3 Å². The van der Waals surface area contributed by atoms with Gasteiger partial charge in [-0.1, -0.05) is 6.07 Å². The topological polar surface area (TPSA) is 113 Å². The summed E-state index contributed by atoms with van der Waals surface area (Å²) < 4.78 is 0. The van der Waals surface area contributed by atoms with Crippen LogP contribution in [0.4, 0.5) is 10.5 Å². The van der Waals surface area contributed by atoms with Crippen LogP contribution in [-0.4, -0.2) is 45.1 Å². The minimum Gasteiger partial charge on any atom is -0.480 e. The normalized spacial score (nSPS) is 21.1. The van der Waals surface area contributed by atoms with Crippen LogP contribution in [0.3, 0.4) is 0 Å². The van der Waals surface area contributed by atoms with E-state index in [9.17, 15) is 14.4 Å². The third-order valence-electron chi connectivity index (χ3n) is 3.14. The van der Waals surface area contributed by atoms with Gasteiger partial charge in [0.25, 0.3) is 0 Å². The van der Waals surface area contributed by atoms with Crippen molar-refractivity contribution in [3.05, 3.63) is 29.8 Å². The minimum absolute atomic E-state index is 0.231. The number of aliphatic carboxylic acids is 1. The number of rotatable bonds is 3. The van der Waals surface area contributed by atoms with Crippen LogP contribution in [-0.2, 0) is 4.79 Å². The summed E-state index contributed by atoms with van der Waals surface area (Å²) in [4.78, 5) is 35.8. The Morgan fingerprint density at radius 3 is 2.76 bits per heavy atom. The summed E-state index contributed by atoms with van der Waals surface area (Å²) >= 11 is 1.40. The molecule has 1 aliphatic rings. The fourth-order valence-corrected chi connectivity index (χ4v) is 3.25. The summed E-state index contributed by atoms with van der Waals surface area (Å²) in [7, 11) is 0. The smallest absolute Gasteiger partial charge is 0.327 e. The largest absolute Gasteiger partial charge is 0.480 e. The maximum atomic E-state index is 12.2. The highest BCUT2D eigenvalue weighted by atomic mass is 32.2. The number of anilines is 1. The number of amides is 3. The van der Waals surface area contributed by atoms with E-state index in [1.807, 2.05) is 0 Å². The SMILES string of the molecule is CC1SCC(C(=O)O)N1C(=O)Nc1cccc(C(N)=O)c1. The van der Waals surface area contributed by atoms with Crippen LogP contribution >= 0.6 is 11.8 Å². The van der Waals surface area contributed by atoms with Crippen LogP contribution in [0, 0.1) is 0 Å². The lowest BCUT2D eigenvalue weighted by Crippen LogP contribution is -2.46. The summed E-state index contributed by atoms with van der Waals surface area (Å²) in [6.45, 7) is 1.77. The van der Waals surface area contributed by atoms with Gasteiger partial charge in [-0.15, -0.1) is 11.8 Å². The molecule has 8 heteroatoms. The molecule has 0 spiro atoms. The Bertz CT molecular complexity index is 593. The fraction of sp³-hybridized carbons (Fsp3) is 0.308. The van der Waals surface area contributed by atoms with Gasteiger partial charge in [-0.25, -0.2) is 9.59 Å². The second-order valence-electron chi connectivity index (χ2n) is 4.57. The zero-order chi connectivity index (χ0) is 15.6. The first kappa shape index (κ1) is 15.2. The first-order chi connectivity index (χ1) is 9.90. The van der Waals surface area contributed by atoms with Crippen LogP contribution in [0.15, 0.2) is 24.3 Å². The zero-order valence-corrected chi connectivity index (χ0v) is 12.1. The maximum absolute atomic E-state index is 12.2. The van der Waals surface area contributed by atoms with E-state index >= 15 is 0 Å². The van der Waals surface area contributed by atoms with Crippen molar-refractivity contribution in [2.75, 3.05) is 11.1 Å². The number of carbonyl (C=O) groups excluding carboxylic acids is 2. The number of carboxylic acids is 1. The summed E-state index contributed by atoms with van der Waals surface area (Å²) in [6.07, 6.45) is 0. The van der Waals surface area contributed by atoms with Gasteiger partial charge >= 0.3 is 12.0 Å². The van der Waals surface area contributed by atoms with Crippen LogP contribution < -0.4 is 11.1 Å². The summed E-state index contributed by atoms with van der Waals surface area (Å²) in [5.41, 5.74) is 5.84. The minimum atomic E-state index is -1.03. The Labute approximate surface area is 125 Å². The summed E-state index contributed by atoms with van der Waals surface area (Å²) in [5, 5.41) is 11.5.